The van der Waals surface area contributed by atoms with Crippen LogP contribution in [0.5, 0.6) is 0 Å². The monoisotopic (exact) mass is 213 g/mol. The van der Waals surface area contributed by atoms with Gasteiger partial charge in [0.1, 0.15) is 0 Å². The number of hydrogen-bond donors (Lipinski definition) is 0. The van der Waals surface area contributed by atoms with Crippen molar-refractivity contribution in [3.63, 3.8) is 0 Å². The molecule has 1 heterocycles. The second kappa shape index (κ2) is 4.14. The van der Waals surface area contributed by atoms with Crippen LogP contribution < -0.4 is 0 Å². The highest BCUT2D eigenvalue weighted by atomic mass is 16.2. The Labute approximate surface area is 93.7 Å². The Morgan fingerprint density at radius 3 is 2.19 bits per heavy atom. The maximum absolute atomic E-state index is 11.8. The lowest BCUT2D eigenvalue weighted by Crippen LogP contribution is -2.29. The van der Waals surface area contributed by atoms with Crippen LogP contribution in [0.4, 0.5) is 0 Å². The first-order valence-corrected chi connectivity index (χ1v) is 4.98. The maximum Gasteiger partial charge on any atom is 0.261 e. The number of benzene rings is 1. The lowest BCUT2D eigenvalue weighted by molar-refractivity contribution is 0.0672. The van der Waals surface area contributed by atoms with Crippen molar-refractivity contribution >= 4 is 11.8 Å². The number of amides is 2. The largest absolute Gasteiger partial charge is 0.270 e. The minimum Gasteiger partial charge on any atom is -0.270 e. The van der Waals surface area contributed by atoms with Gasteiger partial charge in [0.25, 0.3) is 11.8 Å². The van der Waals surface area contributed by atoms with Gasteiger partial charge in [0.2, 0.25) is 0 Å². The van der Waals surface area contributed by atoms with Crippen molar-refractivity contribution in [3.8, 4) is 0 Å². The van der Waals surface area contributed by atoms with Gasteiger partial charge in [0, 0.05) is 6.54 Å². The molecule has 3 heteroatoms. The Bertz CT molecular complexity index is 453. The van der Waals surface area contributed by atoms with Crippen LogP contribution in [0, 0.1) is 0 Å². The average molecular weight is 213 g/mol. The van der Waals surface area contributed by atoms with Crippen molar-refractivity contribution in [3.05, 3.63) is 60.2 Å². The van der Waals surface area contributed by atoms with E-state index in [0.717, 1.165) is 0 Å². The molecule has 0 aliphatic carbocycles. The van der Waals surface area contributed by atoms with E-state index in [-0.39, 0.29) is 11.8 Å². The molecule has 2 rings (SSSR count). The number of imide groups is 1. The van der Waals surface area contributed by atoms with Crippen LogP contribution in [0.3, 0.4) is 0 Å². The molecule has 0 N–H and O–H groups in total. The zero-order valence-corrected chi connectivity index (χ0v) is 8.72. The van der Waals surface area contributed by atoms with Crippen LogP contribution in [-0.2, 0) is 0 Å². The highest BCUT2D eigenvalue weighted by Gasteiger charge is 2.33. The summed E-state index contributed by atoms with van der Waals surface area (Å²) in [4.78, 5) is 24.9. The van der Waals surface area contributed by atoms with Gasteiger partial charge in [0.05, 0.1) is 11.1 Å². The summed E-state index contributed by atoms with van der Waals surface area (Å²) < 4.78 is 0. The molecule has 3 nitrogen and oxygen atoms in total. The lowest BCUT2D eigenvalue weighted by Gasteiger charge is -2.09. The third-order valence-corrected chi connectivity index (χ3v) is 2.44. The van der Waals surface area contributed by atoms with Crippen molar-refractivity contribution in [2.24, 2.45) is 0 Å². The molecule has 1 aromatic rings. The average Bonchev–Trinajstić information content (AvgIpc) is 2.55. The predicted octanol–water partition coefficient (Wildman–Crippen LogP) is 2.02. The first-order valence-electron chi connectivity index (χ1n) is 4.98. The Kier molecular flexibility index (Phi) is 2.68. The standard InChI is InChI=1S/C13H11NO2/c1-2-3-6-9-14-12(15)10-7-4-5-8-11(10)13(14)16/h2-8H,1,9H2/b6-3+. The molecule has 0 saturated heterocycles. The molecule has 0 saturated carbocycles. The zero-order valence-electron chi connectivity index (χ0n) is 8.72. The van der Waals surface area contributed by atoms with Crippen molar-refractivity contribution in [1.29, 1.82) is 0 Å². The normalized spacial score (nSPS) is 14.6. The maximum atomic E-state index is 11.8. The van der Waals surface area contributed by atoms with E-state index in [1.807, 2.05) is 0 Å². The quantitative estimate of drug-likeness (QED) is 0.569. The SMILES string of the molecule is C=C/C=C/CN1C(=O)c2ccccc2C1=O. The van der Waals surface area contributed by atoms with E-state index >= 15 is 0 Å². The third-order valence-electron chi connectivity index (χ3n) is 2.44. The van der Waals surface area contributed by atoms with Crippen LogP contribution in [-0.4, -0.2) is 23.3 Å². The van der Waals surface area contributed by atoms with Crippen molar-refractivity contribution < 1.29 is 9.59 Å². The van der Waals surface area contributed by atoms with Gasteiger partial charge in [-0.1, -0.05) is 36.9 Å². The number of nitrogens with zero attached hydrogens (tertiary/aromatic N) is 1. The minimum atomic E-state index is -0.227. The summed E-state index contributed by atoms with van der Waals surface area (Å²) in [5.74, 6) is -0.455. The Morgan fingerprint density at radius 2 is 1.69 bits per heavy atom. The molecule has 0 radical (unpaired) electrons. The molecule has 1 aliphatic heterocycles. The van der Waals surface area contributed by atoms with E-state index in [2.05, 4.69) is 6.58 Å². The zero-order chi connectivity index (χ0) is 11.5. The molecule has 0 atom stereocenters. The number of allylic oxidation sites excluding steroid dienone is 2. The molecule has 0 fully saturated rings. The van der Waals surface area contributed by atoms with Crippen LogP contribution in [0.2, 0.25) is 0 Å². The van der Waals surface area contributed by atoms with Crippen LogP contribution in [0.1, 0.15) is 20.7 Å². The molecule has 2 amide bonds. The summed E-state index contributed by atoms with van der Waals surface area (Å²) >= 11 is 0. The molecule has 1 aromatic carbocycles. The Morgan fingerprint density at radius 1 is 1.12 bits per heavy atom. The van der Waals surface area contributed by atoms with E-state index in [9.17, 15) is 9.59 Å². The van der Waals surface area contributed by atoms with E-state index in [1.165, 1.54) is 4.90 Å². The van der Waals surface area contributed by atoms with E-state index in [1.54, 1.807) is 42.5 Å². The summed E-state index contributed by atoms with van der Waals surface area (Å²) in [6, 6.07) is 6.86. The number of fused-ring (bicyclic) bond motifs is 1. The van der Waals surface area contributed by atoms with Crippen molar-refractivity contribution in [2.45, 2.75) is 0 Å². The van der Waals surface area contributed by atoms with E-state index in [4.69, 9.17) is 0 Å². The summed E-state index contributed by atoms with van der Waals surface area (Å²) in [5.41, 5.74) is 0.971. The number of hydrogen-bond acceptors (Lipinski definition) is 2. The molecule has 0 aromatic heterocycles. The number of carbonyl (C=O) groups is 2. The minimum absolute atomic E-state index is 0.227. The van der Waals surface area contributed by atoms with Gasteiger partial charge in [-0.25, -0.2) is 0 Å². The van der Waals surface area contributed by atoms with Gasteiger partial charge in [-0.15, -0.1) is 0 Å². The number of carbonyl (C=O) groups excluding carboxylic acids is 2. The molecular weight excluding hydrogens is 202 g/mol. The summed E-state index contributed by atoms with van der Waals surface area (Å²) in [6.07, 6.45) is 5.05. The fourth-order valence-corrected chi connectivity index (χ4v) is 1.67. The van der Waals surface area contributed by atoms with Gasteiger partial charge < -0.3 is 0 Å². The fraction of sp³-hybridized carbons (Fsp3) is 0.0769. The number of rotatable bonds is 3. The second-order valence-electron chi connectivity index (χ2n) is 3.43. The predicted molar refractivity (Wildman–Crippen MR) is 61.1 cm³/mol. The fourth-order valence-electron chi connectivity index (χ4n) is 1.67. The van der Waals surface area contributed by atoms with Gasteiger partial charge in [0.15, 0.2) is 0 Å². The molecule has 16 heavy (non-hydrogen) atoms. The molecular formula is C13H11NO2. The van der Waals surface area contributed by atoms with Gasteiger partial charge in [-0.3, -0.25) is 14.5 Å². The summed E-state index contributed by atoms with van der Waals surface area (Å²) in [7, 11) is 0. The molecule has 0 unspecified atom stereocenters. The smallest absolute Gasteiger partial charge is 0.261 e. The summed E-state index contributed by atoms with van der Waals surface area (Å²) in [5, 5.41) is 0. The first-order chi connectivity index (χ1) is 7.75. The van der Waals surface area contributed by atoms with E-state index < -0.39 is 0 Å². The van der Waals surface area contributed by atoms with Crippen LogP contribution >= 0.6 is 0 Å². The second-order valence-corrected chi connectivity index (χ2v) is 3.43. The third kappa shape index (κ3) is 1.56. The molecule has 1 aliphatic rings. The molecule has 0 spiro atoms. The van der Waals surface area contributed by atoms with Gasteiger partial charge in [-0.05, 0) is 12.1 Å². The summed E-state index contributed by atoms with van der Waals surface area (Å²) in [6.45, 7) is 3.82. The Balaban J connectivity index is 2.28. The topological polar surface area (TPSA) is 37.4 Å². The van der Waals surface area contributed by atoms with Crippen LogP contribution in [0.25, 0.3) is 0 Å². The highest BCUT2D eigenvalue weighted by Crippen LogP contribution is 2.21. The Hall–Kier alpha value is -2.16. The molecule has 0 bridgehead atoms. The van der Waals surface area contributed by atoms with Gasteiger partial charge in [-0.2, -0.15) is 0 Å². The lowest BCUT2D eigenvalue weighted by atomic mass is 10.1. The van der Waals surface area contributed by atoms with E-state index in [0.29, 0.717) is 17.7 Å². The van der Waals surface area contributed by atoms with Gasteiger partial charge >= 0.3 is 0 Å². The van der Waals surface area contributed by atoms with Crippen molar-refractivity contribution in [1.82, 2.24) is 4.90 Å². The van der Waals surface area contributed by atoms with Crippen LogP contribution in [0.15, 0.2) is 49.1 Å². The van der Waals surface area contributed by atoms with Crippen molar-refractivity contribution in [2.75, 3.05) is 6.54 Å². The highest BCUT2D eigenvalue weighted by molar-refractivity contribution is 6.21. The molecule has 80 valence electrons. The first kappa shape index (κ1) is 10.4.